The zero-order chi connectivity index (χ0) is 11.8. The van der Waals surface area contributed by atoms with Crippen LogP contribution < -0.4 is 0 Å². The van der Waals surface area contributed by atoms with Crippen molar-refractivity contribution in [3.63, 3.8) is 0 Å². The van der Waals surface area contributed by atoms with Crippen LogP contribution in [0.15, 0.2) is 30.3 Å². The number of hydrogen-bond acceptors (Lipinski definition) is 2. The van der Waals surface area contributed by atoms with Crippen LogP contribution in [0.2, 0.25) is 0 Å². The smallest absolute Gasteiger partial charge is 0.202 e. The van der Waals surface area contributed by atoms with Gasteiger partial charge in [0.15, 0.2) is 0 Å². The van der Waals surface area contributed by atoms with Gasteiger partial charge in [0, 0.05) is 10.4 Å². The normalized spacial score (nSPS) is 13.7. The second-order valence-corrected chi connectivity index (χ2v) is 5.39. The van der Waals surface area contributed by atoms with Gasteiger partial charge in [0.25, 0.3) is 0 Å². The average molecular weight is 246 g/mol. The van der Waals surface area contributed by atoms with E-state index in [9.17, 15) is 9.18 Å². The average Bonchev–Trinajstić information content (AvgIpc) is 2.89. The molecular weight excluding hydrogens is 235 g/mol. The lowest BCUT2D eigenvalue weighted by atomic mass is 10.1. The largest absolute Gasteiger partial charge is 0.288 e. The van der Waals surface area contributed by atoms with Crippen LogP contribution in [0.5, 0.6) is 0 Å². The highest BCUT2D eigenvalue weighted by Gasteiger charge is 2.19. The first-order chi connectivity index (χ1) is 8.24. The number of ketones is 1. The maximum absolute atomic E-state index is 12.8. The Kier molecular flexibility index (Phi) is 2.56. The summed E-state index contributed by atoms with van der Waals surface area (Å²) >= 11 is 1.59. The second kappa shape index (κ2) is 4.08. The molecule has 0 N–H and O–H groups in total. The quantitative estimate of drug-likeness (QED) is 0.740. The third-order valence-corrected chi connectivity index (χ3v) is 4.31. The first-order valence-electron chi connectivity index (χ1n) is 5.66. The molecule has 1 aliphatic rings. The van der Waals surface area contributed by atoms with Crippen LogP contribution in [0.3, 0.4) is 0 Å². The Labute approximate surface area is 103 Å². The first-order valence-corrected chi connectivity index (χ1v) is 6.47. The molecule has 0 atom stereocenters. The van der Waals surface area contributed by atoms with Crippen molar-refractivity contribution in [2.24, 2.45) is 0 Å². The molecule has 0 bridgehead atoms. The third-order valence-electron chi connectivity index (χ3n) is 3.08. The predicted molar refractivity (Wildman–Crippen MR) is 66.2 cm³/mol. The Morgan fingerprint density at radius 3 is 2.65 bits per heavy atom. The molecule has 1 aromatic heterocycles. The SMILES string of the molecule is O=C(c1ccc(F)cc1)c1cc2c(s1)CCC2. The fraction of sp³-hybridized carbons (Fsp3) is 0.214. The molecule has 2 aromatic rings. The summed E-state index contributed by atoms with van der Waals surface area (Å²) in [6.07, 6.45) is 3.38. The minimum Gasteiger partial charge on any atom is -0.288 e. The highest BCUT2D eigenvalue weighted by atomic mass is 32.1. The van der Waals surface area contributed by atoms with Gasteiger partial charge < -0.3 is 0 Å². The molecule has 17 heavy (non-hydrogen) atoms. The van der Waals surface area contributed by atoms with Gasteiger partial charge in [-0.1, -0.05) is 0 Å². The summed E-state index contributed by atoms with van der Waals surface area (Å²) in [7, 11) is 0. The highest BCUT2D eigenvalue weighted by molar-refractivity contribution is 7.14. The van der Waals surface area contributed by atoms with Gasteiger partial charge in [-0.25, -0.2) is 4.39 Å². The molecule has 1 aromatic carbocycles. The Morgan fingerprint density at radius 2 is 1.94 bits per heavy atom. The van der Waals surface area contributed by atoms with Crippen LogP contribution in [0.25, 0.3) is 0 Å². The number of thiophene rings is 1. The van der Waals surface area contributed by atoms with Crippen molar-refractivity contribution < 1.29 is 9.18 Å². The predicted octanol–water partition coefficient (Wildman–Crippen LogP) is 3.61. The van der Waals surface area contributed by atoms with Crippen molar-refractivity contribution >= 4 is 17.1 Å². The lowest BCUT2D eigenvalue weighted by Crippen LogP contribution is -1.98. The zero-order valence-electron chi connectivity index (χ0n) is 9.20. The van der Waals surface area contributed by atoms with Gasteiger partial charge in [-0.05, 0) is 55.2 Å². The Balaban J connectivity index is 1.93. The van der Waals surface area contributed by atoms with Gasteiger partial charge in [-0.3, -0.25) is 4.79 Å². The van der Waals surface area contributed by atoms with Gasteiger partial charge in [0.1, 0.15) is 5.82 Å². The summed E-state index contributed by atoms with van der Waals surface area (Å²) in [5.41, 5.74) is 1.88. The van der Waals surface area contributed by atoms with Gasteiger partial charge in [-0.15, -0.1) is 11.3 Å². The molecular formula is C14H11FOS. The number of rotatable bonds is 2. The second-order valence-electron chi connectivity index (χ2n) is 4.25. The van der Waals surface area contributed by atoms with Crippen LogP contribution in [0.1, 0.15) is 32.1 Å². The minimum atomic E-state index is -0.310. The number of aryl methyl sites for hydroxylation is 2. The number of carbonyl (C=O) groups is 1. The fourth-order valence-electron chi connectivity index (χ4n) is 2.18. The van der Waals surface area contributed by atoms with E-state index >= 15 is 0 Å². The number of benzene rings is 1. The maximum Gasteiger partial charge on any atom is 0.202 e. The van der Waals surface area contributed by atoms with Crippen LogP contribution in [0, 0.1) is 5.82 Å². The lowest BCUT2D eigenvalue weighted by Gasteiger charge is -1.97. The summed E-state index contributed by atoms with van der Waals surface area (Å²) in [6, 6.07) is 7.74. The molecule has 1 nitrogen and oxygen atoms in total. The molecule has 0 saturated carbocycles. The third kappa shape index (κ3) is 1.91. The summed E-state index contributed by atoms with van der Waals surface area (Å²) in [6.45, 7) is 0. The van der Waals surface area contributed by atoms with Crippen molar-refractivity contribution in [3.8, 4) is 0 Å². The van der Waals surface area contributed by atoms with Crippen molar-refractivity contribution in [3.05, 3.63) is 57.0 Å². The van der Waals surface area contributed by atoms with Gasteiger partial charge in [0.05, 0.1) is 4.88 Å². The van der Waals surface area contributed by atoms with E-state index in [1.807, 2.05) is 6.07 Å². The Bertz CT molecular complexity index is 547. The van der Waals surface area contributed by atoms with E-state index in [0.29, 0.717) is 5.56 Å². The molecule has 0 radical (unpaired) electrons. The number of fused-ring (bicyclic) bond motifs is 1. The molecule has 1 heterocycles. The van der Waals surface area contributed by atoms with Crippen molar-refractivity contribution in [2.75, 3.05) is 0 Å². The Hall–Kier alpha value is -1.48. The van der Waals surface area contributed by atoms with Crippen LogP contribution in [-0.2, 0) is 12.8 Å². The molecule has 86 valence electrons. The number of hydrogen-bond donors (Lipinski definition) is 0. The Morgan fingerprint density at radius 1 is 1.18 bits per heavy atom. The van der Waals surface area contributed by atoms with E-state index in [2.05, 4.69) is 0 Å². The summed E-state index contributed by atoms with van der Waals surface area (Å²) < 4.78 is 12.8. The summed E-state index contributed by atoms with van der Waals surface area (Å²) in [5.74, 6) is -0.306. The van der Waals surface area contributed by atoms with Gasteiger partial charge >= 0.3 is 0 Å². The number of halogens is 1. The van der Waals surface area contributed by atoms with Gasteiger partial charge in [0.2, 0.25) is 5.78 Å². The molecule has 0 aliphatic heterocycles. The molecule has 0 spiro atoms. The van der Waals surface area contributed by atoms with E-state index in [0.717, 1.165) is 17.7 Å². The molecule has 0 unspecified atom stereocenters. The van der Waals surface area contributed by atoms with E-state index in [1.165, 1.54) is 29.0 Å². The molecule has 1 aliphatic carbocycles. The highest BCUT2D eigenvalue weighted by Crippen LogP contribution is 2.31. The molecule has 0 saturated heterocycles. The van der Waals surface area contributed by atoms with Crippen LogP contribution >= 0.6 is 11.3 Å². The first kappa shape index (κ1) is 10.7. The molecule has 3 rings (SSSR count). The molecule has 0 fully saturated rings. The number of carbonyl (C=O) groups excluding carboxylic acids is 1. The van der Waals surface area contributed by atoms with Crippen LogP contribution in [-0.4, -0.2) is 5.78 Å². The van der Waals surface area contributed by atoms with Gasteiger partial charge in [-0.2, -0.15) is 0 Å². The van der Waals surface area contributed by atoms with E-state index in [1.54, 1.807) is 23.5 Å². The van der Waals surface area contributed by atoms with Crippen LogP contribution in [0.4, 0.5) is 4.39 Å². The standard InChI is InChI=1S/C14H11FOS/c15-11-6-4-9(5-7-11)14(16)13-8-10-2-1-3-12(10)17-13/h4-8H,1-3H2. The van der Waals surface area contributed by atoms with Crippen molar-refractivity contribution in [1.29, 1.82) is 0 Å². The summed E-state index contributed by atoms with van der Waals surface area (Å²) in [5, 5.41) is 0. The topological polar surface area (TPSA) is 17.1 Å². The maximum atomic E-state index is 12.8. The molecule has 3 heteroatoms. The lowest BCUT2D eigenvalue weighted by molar-refractivity contribution is 0.104. The van der Waals surface area contributed by atoms with Crippen molar-refractivity contribution in [2.45, 2.75) is 19.3 Å². The fourth-order valence-corrected chi connectivity index (χ4v) is 3.40. The summed E-state index contributed by atoms with van der Waals surface area (Å²) in [4.78, 5) is 14.3. The van der Waals surface area contributed by atoms with Crippen molar-refractivity contribution in [1.82, 2.24) is 0 Å². The monoisotopic (exact) mass is 246 g/mol. The van der Waals surface area contributed by atoms with E-state index in [-0.39, 0.29) is 11.6 Å². The van der Waals surface area contributed by atoms with E-state index < -0.39 is 0 Å². The zero-order valence-corrected chi connectivity index (χ0v) is 10.0. The van der Waals surface area contributed by atoms with E-state index in [4.69, 9.17) is 0 Å². The minimum absolute atomic E-state index is 0.00407. The molecule has 0 amide bonds.